The minimum absolute atomic E-state index is 0.398. The average Bonchev–Trinajstić information content (AvgIpc) is 2.60. The fraction of sp³-hybridized carbons (Fsp3) is 0.389. The van der Waals surface area contributed by atoms with Crippen LogP contribution in [0.15, 0.2) is 30.5 Å². The Morgan fingerprint density at radius 1 is 1.46 bits per heavy atom. The highest BCUT2D eigenvalue weighted by molar-refractivity contribution is 6.33. The van der Waals surface area contributed by atoms with Crippen LogP contribution < -0.4 is 9.64 Å². The third-order valence-electron chi connectivity index (χ3n) is 4.10. The molecule has 0 aliphatic carbocycles. The van der Waals surface area contributed by atoms with E-state index in [9.17, 15) is 0 Å². The summed E-state index contributed by atoms with van der Waals surface area (Å²) in [4.78, 5) is 10.9. The molecular formula is C18H19ClN4O. The second-order valence-electron chi connectivity index (χ2n) is 6.02. The maximum absolute atomic E-state index is 8.92. The standard InChI is InChI=1S/C18H19ClN4O/c1-13-4-2-6-17(22-13)24-12-14-5-3-7-23(11-14)18-16(19)8-15(9-20)10-21-18/h2,4,6,8,10,14H,3,5,7,11-12H2,1H3. The molecule has 1 aliphatic heterocycles. The van der Waals surface area contributed by atoms with E-state index in [-0.39, 0.29) is 0 Å². The van der Waals surface area contributed by atoms with Crippen LogP contribution >= 0.6 is 11.6 Å². The number of aromatic nitrogens is 2. The molecule has 3 rings (SSSR count). The summed E-state index contributed by atoms with van der Waals surface area (Å²) in [6, 6.07) is 9.51. The minimum Gasteiger partial charge on any atom is -0.477 e. The van der Waals surface area contributed by atoms with Crippen molar-refractivity contribution in [2.24, 2.45) is 5.92 Å². The lowest BCUT2D eigenvalue weighted by Gasteiger charge is -2.33. The Hall–Kier alpha value is -2.32. The van der Waals surface area contributed by atoms with Crippen molar-refractivity contribution < 1.29 is 4.74 Å². The number of anilines is 1. The van der Waals surface area contributed by atoms with Crippen molar-refractivity contribution in [3.63, 3.8) is 0 Å². The highest BCUT2D eigenvalue weighted by Crippen LogP contribution is 2.28. The molecule has 1 atom stereocenters. The molecule has 2 aromatic heterocycles. The molecule has 1 fully saturated rings. The van der Waals surface area contributed by atoms with E-state index in [4.69, 9.17) is 21.6 Å². The SMILES string of the molecule is Cc1cccc(OCC2CCCN(c3ncc(C#N)cc3Cl)C2)n1. The Morgan fingerprint density at radius 3 is 3.08 bits per heavy atom. The number of hydrogen-bond acceptors (Lipinski definition) is 5. The van der Waals surface area contributed by atoms with Crippen LogP contribution in [-0.4, -0.2) is 29.7 Å². The predicted octanol–water partition coefficient (Wildman–Crippen LogP) is 3.61. The Balaban J connectivity index is 1.63. The highest BCUT2D eigenvalue weighted by Gasteiger charge is 2.23. The Bertz CT molecular complexity index is 759. The van der Waals surface area contributed by atoms with Gasteiger partial charge in [0.25, 0.3) is 0 Å². The molecule has 0 saturated carbocycles. The van der Waals surface area contributed by atoms with Crippen molar-refractivity contribution in [1.29, 1.82) is 5.26 Å². The van der Waals surface area contributed by atoms with Gasteiger partial charge in [-0.15, -0.1) is 0 Å². The predicted molar refractivity (Wildman–Crippen MR) is 93.4 cm³/mol. The van der Waals surface area contributed by atoms with Gasteiger partial charge in [-0.3, -0.25) is 0 Å². The summed E-state index contributed by atoms with van der Waals surface area (Å²) >= 11 is 6.28. The van der Waals surface area contributed by atoms with Crippen LogP contribution in [0.3, 0.4) is 0 Å². The van der Waals surface area contributed by atoms with Gasteiger partial charge in [0.1, 0.15) is 11.9 Å². The molecule has 124 valence electrons. The number of rotatable bonds is 4. The zero-order chi connectivity index (χ0) is 16.9. The van der Waals surface area contributed by atoms with Gasteiger partial charge in [-0.25, -0.2) is 9.97 Å². The van der Waals surface area contributed by atoms with E-state index in [1.807, 2.05) is 25.1 Å². The second kappa shape index (κ2) is 7.50. The molecule has 1 aliphatic rings. The molecule has 6 heteroatoms. The first-order valence-corrected chi connectivity index (χ1v) is 8.40. The van der Waals surface area contributed by atoms with Crippen LogP contribution in [0.4, 0.5) is 5.82 Å². The van der Waals surface area contributed by atoms with Crippen LogP contribution in [0.5, 0.6) is 5.88 Å². The number of piperidine rings is 1. The molecule has 0 N–H and O–H groups in total. The molecule has 0 aromatic carbocycles. The highest BCUT2D eigenvalue weighted by atomic mass is 35.5. The summed E-state index contributed by atoms with van der Waals surface area (Å²) in [5.41, 5.74) is 1.43. The molecule has 1 saturated heterocycles. The van der Waals surface area contributed by atoms with Crippen molar-refractivity contribution in [1.82, 2.24) is 9.97 Å². The molecule has 0 spiro atoms. The van der Waals surface area contributed by atoms with Crippen LogP contribution in [0, 0.1) is 24.2 Å². The van der Waals surface area contributed by atoms with Gasteiger partial charge in [0.15, 0.2) is 0 Å². The van der Waals surface area contributed by atoms with Crippen molar-refractivity contribution in [3.8, 4) is 11.9 Å². The third-order valence-corrected chi connectivity index (χ3v) is 4.38. The molecule has 5 nitrogen and oxygen atoms in total. The summed E-state index contributed by atoms with van der Waals surface area (Å²) in [6.07, 6.45) is 3.74. The second-order valence-corrected chi connectivity index (χ2v) is 6.43. The number of nitriles is 1. The van der Waals surface area contributed by atoms with Crippen LogP contribution in [0.2, 0.25) is 5.02 Å². The number of pyridine rings is 2. The van der Waals surface area contributed by atoms with Crippen LogP contribution in [0.25, 0.3) is 0 Å². The molecule has 0 amide bonds. The fourth-order valence-corrected chi connectivity index (χ4v) is 3.21. The van der Waals surface area contributed by atoms with E-state index >= 15 is 0 Å². The first-order valence-electron chi connectivity index (χ1n) is 8.03. The van der Waals surface area contributed by atoms with Crippen molar-refractivity contribution >= 4 is 17.4 Å². The Kier molecular flexibility index (Phi) is 5.17. The van der Waals surface area contributed by atoms with Crippen molar-refractivity contribution in [2.75, 3.05) is 24.6 Å². The topological polar surface area (TPSA) is 62.0 Å². The fourth-order valence-electron chi connectivity index (χ4n) is 2.92. The summed E-state index contributed by atoms with van der Waals surface area (Å²) in [7, 11) is 0. The largest absolute Gasteiger partial charge is 0.477 e. The lowest BCUT2D eigenvalue weighted by molar-refractivity contribution is 0.221. The van der Waals surface area contributed by atoms with Gasteiger partial charge >= 0.3 is 0 Å². The number of halogens is 1. The number of ether oxygens (including phenoxy) is 1. The number of nitrogens with zero attached hydrogens (tertiary/aromatic N) is 4. The Labute approximate surface area is 146 Å². The van der Waals surface area contributed by atoms with Gasteiger partial charge in [-0.05, 0) is 31.9 Å². The van der Waals surface area contributed by atoms with Gasteiger partial charge < -0.3 is 9.64 Å². The molecule has 0 bridgehead atoms. The molecule has 24 heavy (non-hydrogen) atoms. The number of aryl methyl sites for hydroxylation is 1. The van der Waals surface area contributed by atoms with E-state index < -0.39 is 0 Å². The maximum Gasteiger partial charge on any atom is 0.213 e. The van der Waals surface area contributed by atoms with E-state index in [1.54, 1.807) is 12.3 Å². The van der Waals surface area contributed by atoms with Gasteiger partial charge in [0, 0.05) is 37.0 Å². The zero-order valence-electron chi connectivity index (χ0n) is 13.6. The Morgan fingerprint density at radius 2 is 2.33 bits per heavy atom. The molecular weight excluding hydrogens is 324 g/mol. The van der Waals surface area contributed by atoms with Crippen molar-refractivity contribution in [3.05, 3.63) is 46.7 Å². The first-order chi connectivity index (χ1) is 11.7. The van der Waals surface area contributed by atoms with E-state index in [0.717, 1.165) is 37.4 Å². The van der Waals surface area contributed by atoms with Gasteiger partial charge in [-0.1, -0.05) is 17.7 Å². The molecule has 0 radical (unpaired) electrons. The molecule has 3 heterocycles. The summed E-state index contributed by atoms with van der Waals surface area (Å²) in [5.74, 6) is 1.81. The first kappa shape index (κ1) is 16.5. The summed E-state index contributed by atoms with van der Waals surface area (Å²) in [6.45, 7) is 4.33. The van der Waals surface area contributed by atoms with Crippen LogP contribution in [0.1, 0.15) is 24.1 Å². The lowest BCUT2D eigenvalue weighted by atomic mass is 9.99. The molecule has 2 aromatic rings. The minimum atomic E-state index is 0.398. The van der Waals surface area contributed by atoms with Gasteiger partial charge in [-0.2, -0.15) is 5.26 Å². The van der Waals surface area contributed by atoms with Crippen LogP contribution in [-0.2, 0) is 0 Å². The van der Waals surface area contributed by atoms with E-state index in [2.05, 4.69) is 20.9 Å². The van der Waals surface area contributed by atoms with Gasteiger partial charge in [0.2, 0.25) is 5.88 Å². The molecule has 1 unspecified atom stereocenters. The monoisotopic (exact) mass is 342 g/mol. The van der Waals surface area contributed by atoms with E-state index in [1.165, 1.54) is 0 Å². The third kappa shape index (κ3) is 3.95. The smallest absolute Gasteiger partial charge is 0.213 e. The normalized spacial score (nSPS) is 17.4. The lowest BCUT2D eigenvalue weighted by Crippen LogP contribution is -2.38. The number of hydrogen-bond donors (Lipinski definition) is 0. The van der Waals surface area contributed by atoms with Gasteiger partial charge in [0.05, 0.1) is 17.2 Å². The zero-order valence-corrected chi connectivity index (χ0v) is 14.3. The van der Waals surface area contributed by atoms with E-state index in [0.29, 0.717) is 29.0 Å². The summed E-state index contributed by atoms with van der Waals surface area (Å²) < 4.78 is 5.84. The van der Waals surface area contributed by atoms with Crippen molar-refractivity contribution in [2.45, 2.75) is 19.8 Å². The summed E-state index contributed by atoms with van der Waals surface area (Å²) in [5, 5.41) is 9.44. The average molecular weight is 343 g/mol. The maximum atomic E-state index is 8.92. The quantitative estimate of drug-likeness (QED) is 0.849.